The number of ether oxygens (including phenoxy) is 1. The molecular weight excluding hydrogens is 519 g/mol. The molecule has 4 rings (SSSR count). The van der Waals surface area contributed by atoms with Crippen molar-refractivity contribution in [2.24, 2.45) is 5.41 Å². The fourth-order valence-corrected chi connectivity index (χ4v) is 6.34. The summed E-state index contributed by atoms with van der Waals surface area (Å²) in [6, 6.07) is 13.2. The van der Waals surface area contributed by atoms with Crippen LogP contribution in [0, 0.1) is 5.41 Å². The highest BCUT2D eigenvalue weighted by Gasteiger charge is 2.41. The molecule has 0 amide bonds. The number of halogens is 2. The summed E-state index contributed by atoms with van der Waals surface area (Å²) in [7, 11) is 1.58. The van der Waals surface area contributed by atoms with Gasteiger partial charge < -0.3 is 19.8 Å². The molecule has 1 aliphatic rings. The number of fused-ring (bicyclic) bond motifs is 1. The van der Waals surface area contributed by atoms with Crippen LogP contribution < -0.4 is 4.74 Å². The molecule has 2 aromatic carbocycles. The largest absolute Gasteiger partial charge is 0.497 e. The predicted molar refractivity (Wildman–Crippen MR) is 145 cm³/mol. The highest BCUT2D eigenvalue weighted by molar-refractivity contribution is 7.99. The van der Waals surface area contributed by atoms with Gasteiger partial charge in [-0.1, -0.05) is 35.3 Å². The van der Waals surface area contributed by atoms with Crippen LogP contribution in [-0.2, 0) is 4.79 Å². The van der Waals surface area contributed by atoms with Crippen LogP contribution in [0.2, 0.25) is 10.0 Å². The number of pyridine rings is 1. The molecular formula is C27H30Cl2N2O4S. The molecule has 0 saturated carbocycles. The Balaban J connectivity index is 1.38. The zero-order chi connectivity index (χ0) is 25.7. The Morgan fingerprint density at radius 2 is 1.94 bits per heavy atom. The molecule has 6 nitrogen and oxygen atoms in total. The lowest BCUT2D eigenvalue weighted by Crippen LogP contribution is -2.45. The maximum absolute atomic E-state index is 12.4. The molecule has 2 heterocycles. The first kappa shape index (κ1) is 27.0. The molecule has 1 aromatic heterocycles. The van der Waals surface area contributed by atoms with Gasteiger partial charge in [-0.15, -0.1) is 11.8 Å². The topological polar surface area (TPSA) is 82.9 Å². The highest BCUT2D eigenvalue weighted by atomic mass is 35.5. The van der Waals surface area contributed by atoms with Crippen molar-refractivity contribution in [2.75, 3.05) is 32.5 Å². The lowest BCUT2D eigenvalue weighted by Gasteiger charge is -2.39. The van der Waals surface area contributed by atoms with Gasteiger partial charge in [0.15, 0.2) is 0 Å². The zero-order valence-electron chi connectivity index (χ0n) is 20.1. The summed E-state index contributed by atoms with van der Waals surface area (Å²) in [5.41, 5.74) is 0.403. The van der Waals surface area contributed by atoms with E-state index in [0.717, 1.165) is 22.2 Å². The summed E-state index contributed by atoms with van der Waals surface area (Å²) in [6.07, 6.45) is 2.38. The van der Waals surface area contributed by atoms with E-state index in [-0.39, 0.29) is 0 Å². The number of likely N-dealkylation sites (tertiary alicyclic amines) is 1. The number of carbonyl (C=O) groups is 1. The summed E-state index contributed by atoms with van der Waals surface area (Å²) in [5, 5.41) is 23.1. The van der Waals surface area contributed by atoms with Crippen molar-refractivity contribution in [2.45, 2.75) is 36.7 Å². The summed E-state index contributed by atoms with van der Waals surface area (Å²) >= 11 is 14.4. The van der Waals surface area contributed by atoms with Crippen LogP contribution in [0.3, 0.4) is 0 Å². The van der Waals surface area contributed by atoms with Gasteiger partial charge >= 0.3 is 5.97 Å². The van der Waals surface area contributed by atoms with Crippen molar-refractivity contribution < 1.29 is 19.7 Å². The minimum atomic E-state index is -0.906. The Kier molecular flexibility index (Phi) is 9.01. The Labute approximate surface area is 225 Å². The normalized spacial score (nSPS) is 16.7. The number of thioether (sulfide) groups is 1. The number of aliphatic hydroxyl groups is 1. The van der Waals surface area contributed by atoms with E-state index in [1.165, 1.54) is 6.20 Å². The lowest BCUT2D eigenvalue weighted by atomic mass is 9.74. The van der Waals surface area contributed by atoms with Crippen LogP contribution in [0.25, 0.3) is 10.9 Å². The van der Waals surface area contributed by atoms with E-state index in [2.05, 4.69) is 9.88 Å². The fourth-order valence-electron chi connectivity index (χ4n) is 4.81. The second-order valence-electron chi connectivity index (χ2n) is 9.16. The summed E-state index contributed by atoms with van der Waals surface area (Å²) in [5.74, 6) is 0.730. The van der Waals surface area contributed by atoms with Crippen molar-refractivity contribution in [1.29, 1.82) is 0 Å². The van der Waals surface area contributed by atoms with E-state index in [1.807, 2.05) is 30.3 Å². The third-order valence-corrected chi connectivity index (χ3v) is 8.86. The van der Waals surface area contributed by atoms with Gasteiger partial charge in [-0.25, -0.2) is 0 Å². The third kappa shape index (κ3) is 6.09. The molecule has 0 unspecified atom stereocenters. The van der Waals surface area contributed by atoms with E-state index in [9.17, 15) is 15.0 Å². The Morgan fingerprint density at radius 3 is 2.64 bits per heavy atom. The molecule has 3 aromatic rings. The van der Waals surface area contributed by atoms with Gasteiger partial charge in [-0.05, 0) is 69.1 Å². The lowest BCUT2D eigenvalue weighted by molar-refractivity contribution is -0.153. The number of nitrogens with zero attached hydrogens (tertiary/aromatic N) is 2. The molecule has 0 bridgehead atoms. The summed E-state index contributed by atoms with van der Waals surface area (Å²) in [4.78, 5) is 20.1. The van der Waals surface area contributed by atoms with Gasteiger partial charge in [-0.3, -0.25) is 9.78 Å². The molecule has 1 atom stereocenters. The van der Waals surface area contributed by atoms with Crippen molar-refractivity contribution in [1.82, 2.24) is 9.88 Å². The molecule has 0 aliphatic carbocycles. The van der Waals surface area contributed by atoms with Crippen LogP contribution in [-0.4, -0.2) is 58.6 Å². The molecule has 1 aliphatic heterocycles. The number of rotatable bonds is 10. The first-order chi connectivity index (χ1) is 17.3. The van der Waals surface area contributed by atoms with Crippen LogP contribution in [0.5, 0.6) is 5.75 Å². The number of methoxy groups -OCH3 is 1. The maximum Gasteiger partial charge on any atom is 0.309 e. The van der Waals surface area contributed by atoms with Crippen molar-refractivity contribution >= 4 is 51.8 Å². The molecule has 1 fully saturated rings. The Hall–Kier alpha value is -2.03. The molecule has 0 spiro atoms. The quantitative estimate of drug-likeness (QED) is 0.286. The van der Waals surface area contributed by atoms with Gasteiger partial charge in [0.05, 0.1) is 34.2 Å². The van der Waals surface area contributed by atoms with Crippen molar-refractivity contribution in [3.05, 3.63) is 64.3 Å². The Bertz CT molecular complexity index is 1220. The van der Waals surface area contributed by atoms with Crippen LogP contribution >= 0.6 is 35.0 Å². The smallest absolute Gasteiger partial charge is 0.309 e. The van der Waals surface area contributed by atoms with Crippen LogP contribution in [0.4, 0.5) is 0 Å². The number of aliphatic carboxylic acids is 1. The number of hydrogen-bond acceptors (Lipinski definition) is 6. The van der Waals surface area contributed by atoms with E-state index in [4.69, 9.17) is 27.9 Å². The number of hydrogen-bond donors (Lipinski definition) is 2. The first-order valence-electron chi connectivity index (χ1n) is 12.0. The van der Waals surface area contributed by atoms with Crippen molar-refractivity contribution in [3.8, 4) is 5.75 Å². The SMILES string of the molecule is COc1ccc2ncc(Cl)c([C@H](O)CCC3(C(=O)O)CCN(CCSc4ccccc4Cl)CC3)c2c1. The van der Waals surface area contributed by atoms with Gasteiger partial charge in [-0.2, -0.15) is 0 Å². The van der Waals surface area contributed by atoms with Gasteiger partial charge in [0.1, 0.15) is 5.75 Å². The maximum atomic E-state index is 12.4. The second kappa shape index (κ2) is 12.0. The summed E-state index contributed by atoms with van der Waals surface area (Å²) < 4.78 is 5.33. The molecule has 9 heteroatoms. The van der Waals surface area contributed by atoms with Gasteiger partial charge in [0, 0.05) is 34.3 Å². The number of benzene rings is 2. The average Bonchev–Trinajstić information content (AvgIpc) is 2.88. The number of aliphatic hydroxyl groups excluding tert-OH is 1. The zero-order valence-corrected chi connectivity index (χ0v) is 22.5. The minimum Gasteiger partial charge on any atom is -0.497 e. The molecule has 2 N–H and O–H groups in total. The van der Waals surface area contributed by atoms with Crippen LogP contribution in [0.15, 0.2) is 53.6 Å². The Morgan fingerprint density at radius 1 is 1.19 bits per heavy atom. The first-order valence-corrected chi connectivity index (χ1v) is 13.7. The number of carboxylic acid groups (broad SMARTS) is 1. The van der Waals surface area contributed by atoms with E-state index < -0.39 is 17.5 Å². The summed E-state index contributed by atoms with van der Waals surface area (Å²) in [6.45, 7) is 2.29. The van der Waals surface area contributed by atoms with Gasteiger partial charge in [0.25, 0.3) is 0 Å². The highest BCUT2D eigenvalue weighted by Crippen LogP contribution is 2.41. The number of piperidine rings is 1. The molecule has 36 heavy (non-hydrogen) atoms. The third-order valence-electron chi connectivity index (χ3n) is 7.07. The van der Waals surface area contributed by atoms with E-state index in [1.54, 1.807) is 31.0 Å². The molecule has 0 radical (unpaired) electrons. The molecule has 1 saturated heterocycles. The van der Waals surface area contributed by atoms with Gasteiger partial charge in [0.2, 0.25) is 0 Å². The number of aromatic nitrogens is 1. The second-order valence-corrected chi connectivity index (χ2v) is 11.1. The standard InChI is InChI=1S/C27H30Cl2N2O4S/c1-35-18-6-7-22-19(16-18)25(21(29)17-30-22)23(32)8-9-27(26(33)34)10-12-31(13-11-27)14-15-36-24-5-3-2-4-20(24)28/h2-7,16-17,23,32H,8-15H2,1H3,(H,33,34)/t23-/m1/s1. The molecule has 192 valence electrons. The van der Waals surface area contributed by atoms with E-state index in [0.29, 0.717) is 66.0 Å². The van der Waals surface area contributed by atoms with E-state index >= 15 is 0 Å². The van der Waals surface area contributed by atoms with Crippen molar-refractivity contribution in [3.63, 3.8) is 0 Å². The number of carboxylic acids is 1. The van der Waals surface area contributed by atoms with Crippen LogP contribution in [0.1, 0.15) is 37.4 Å². The minimum absolute atomic E-state index is 0.296. The monoisotopic (exact) mass is 548 g/mol. The average molecular weight is 550 g/mol. The fraction of sp³-hybridized carbons (Fsp3) is 0.407. The predicted octanol–water partition coefficient (Wildman–Crippen LogP) is 6.32.